The monoisotopic (exact) mass is 279 g/mol. The van der Waals surface area contributed by atoms with E-state index in [4.69, 9.17) is 5.84 Å². The molecular formula is C16H17N5. The predicted molar refractivity (Wildman–Crippen MR) is 81.7 cm³/mol. The number of nitrogens with two attached hydrogens (primary N) is 1. The maximum atomic E-state index is 5.71. The van der Waals surface area contributed by atoms with Crippen molar-refractivity contribution in [2.24, 2.45) is 5.84 Å². The summed E-state index contributed by atoms with van der Waals surface area (Å²) in [5, 5.41) is 4.60. The summed E-state index contributed by atoms with van der Waals surface area (Å²) in [4.78, 5) is 4.21. The highest BCUT2D eigenvalue weighted by Crippen LogP contribution is 2.20. The molecule has 2 heterocycles. The molecule has 0 spiro atoms. The molecule has 21 heavy (non-hydrogen) atoms. The van der Waals surface area contributed by atoms with Gasteiger partial charge in [0.1, 0.15) is 0 Å². The van der Waals surface area contributed by atoms with Crippen LogP contribution in [0.4, 0.5) is 0 Å². The fourth-order valence-corrected chi connectivity index (χ4v) is 2.31. The first kappa shape index (κ1) is 13.5. The van der Waals surface area contributed by atoms with Crippen LogP contribution in [0.5, 0.6) is 0 Å². The molecule has 5 nitrogen and oxygen atoms in total. The Morgan fingerprint density at radius 1 is 1.14 bits per heavy atom. The summed E-state index contributed by atoms with van der Waals surface area (Å²) in [5.41, 5.74) is 6.77. The molecule has 0 aliphatic heterocycles. The molecule has 1 unspecified atom stereocenters. The summed E-state index contributed by atoms with van der Waals surface area (Å²) < 4.78 is 1.84. The molecule has 0 aliphatic rings. The summed E-state index contributed by atoms with van der Waals surface area (Å²) in [5.74, 6) is 5.71. The Balaban J connectivity index is 1.94. The summed E-state index contributed by atoms with van der Waals surface area (Å²) in [7, 11) is 0. The Hall–Kier alpha value is -2.50. The Bertz CT molecular complexity index is 720. The number of para-hydroxylation sites is 1. The molecule has 0 bridgehead atoms. The van der Waals surface area contributed by atoms with Crippen LogP contribution in [-0.2, 0) is 0 Å². The molecule has 0 saturated carbocycles. The van der Waals surface area contributed by atoms with E-state index in [2.05, 4.69) is 21.6 Å². The Kier molecular flexibility index (Phi) is 3.77. The SMILES string of the molecule is Cc1cncc(C(NN)c2ccn(-c3ccccc3)n2)c1. The number of benzene rings is 1. The first-order valence-electron chi connectivity index (χ1n) is 6.76. The third-order valence-corrected chi connectivity index (χ3v) is 3.32. The molecule has 3 aromatic rings. The van der Waals surface area contributed by atoms with Gasteiger partial charge in [-0.1, -0.05) is 24.3 Å². The number of rotatable bonds is 4. The molecule has 106 valence electrons. The summed E-state index contributed by atoms with van der Waals surface area (Å²) in [6, 6.07) is 13.8. The predicted octanol–water partition coefficient (Wildman–Crippen LogP) is 2.13. The van der Waals surface area contributed by atoms with Gasteiger partial charge in [-0.15, -0.1) is 0 Å². The molecule has 2 aromatic heterocycles. The molecule has 5 heteroatoms. The van der Waals surface area contributed by atoms with E-state index in [1.54, 1.807) is 6.20 Å². The molecule has 3 N–H and O–H groups in total. The van der Waals surface area contributed by atoms with Crippen molar-refractivity contribution in [3.05, 3.63) is 77.9 Å². The number of pyridine rings is 1. The van der Waals surface area contributed by atoms with Crippen molar-refractivity contribution in [3.8, 4) is 5.69 Å². The van der Waals surface area contributed by atoms with Crippen LogP contribution in [0, 0.1) is 6.92 Å². The van der Waals surface area contributed by atoms with Gasteiger partial charge in [-0.25, -0.2) is 10.1 Å². The van der Waals surface area contributed by atoms with Gasteiger partial charge in [0.15, 0.2) is 0 Å². The number of nitrogens with one attached hydrogen (secondary N) is 1. The molecule has 3 rings (SSSR count). The number of nitrogens with zero attached hydrogens (tertiary/aromatic N) is 3. The van der Waals surface area contributed by atoms with E-state index in [1.807, 2.05) is 60.4 Å². The molecule has 0 saturated heterocycles. The van der Waals surface area contributed by atoms with Crippen LogP contribution in [0.25, 0.3) is 5.69 Å². The lowest BCUT2D eigenvalue weighted by Gasteiger charge is -2.14. The number of hydrazine groups is 1. The van der Waals surface area contributed by atoms with Gasteiger partial charge >= 0.3 is 0 Å². The highest BCUT2D eigenvalue weighted by Gasteiger charge is 2.16. The molecule has 0 radical (unpaired) electrons. The maximum absolute atomic E-state index is 5.71. The molecule has 1 aromatic carbocycles. The highest BCUT2D eigenvalue weighted by molar-refractivity contribution is 5.32. The summed E-state index contributed by atoms with van der Waals surface area (Å²) in [6.45, 7) is 2.01. The van der Waals surface area contributed by atoms with E-state index in [1.165, 1.54) is 0 Å². The van der Waals surface area contributed by atoms with Crippen LogP contribution < -0.4 is 11.3 Å². The quantitative estimate of drug-likeness (QED) is 0.567. The zero-order chi connectivity index (χ0) is 14.7. The van der Waals surface area contributed by atoms with Crippen molar-refractivity contribution < 1.29 is 0 Å². The lowest BCUT2D eigenvalue weighted by Crippen LogP contribution is -2.29. The number of aryl methyl sites for hydroxylation is 1. The average molecular weight is 279 g/mol. The van der Waals surface area contributed by atoms with Crippen LogP contribution >= 0.6 is 0 Å². The highest BCUT2D eigenvalue weighted by atomic mass is 15.3. The van der Waals surface area contributed by atoms with Crippen molar-refractivity contribution >= 4 is 0 Å². The fraction of sp³-hybridized carbons (Fsp3) is 0.125. The Morgan fingerprint density at radius 3 is 2.67 bits per heavy atom. The van der Waals surface area contributed by atoms with Crippen LogP contribution in [0.2, 0.25) is 0 Å². The topological polar surface area (TPSA) is 68.8 Å². The smallest absolute Gasteiger partial charge is 0.0915 e. The average Bonchev–Trinajstić information content (AvgIpc) is 2.99. The maximum Gasteiger partial charge on any atom is 0.0915 e. The van der Waals surface area contributed by atoms with Crippen molar-refractivity contribution in [1.82, 2.24) is 20.2 Å². The number of aromatic nitrogens is 3. The van der Waals surface area contributed by atoms with Gasteiger partial charge in [0, 0.05) is 18.6 Å². The molecule has 0 aliphatic carbocycles. The van der Waals surface area contributed by atoms with Gasteiger partial charge in [0.05, 0.1) is 17.4 Å². The van der Waals surface area contributed by atoms with E-state index in [-0.39, 0.29) is 6.04 Å². The minimum absolute atomic E-state index is 0.178. The fourth-order valence-electron chi connectivity index (χ4n) is 2.31. The normalized spacial score (nSPS) is 12.3. The van der Waals surface area contributed by atoms with Gasteiger partial charge < -0.3 is 0 Å². The van der Waals surface area contributed by atoms with E-state index >= 15 is 0 Å². The molecule has 0 fully saturated rings. The van der Waals surface area contributed by atoms with Gasteiger partial charge in [0.25, 0.3) is 0 Å². The van der Waals surface area contributed by atoms with Gasteiger partial charge in [-0.3, -0.25) is 10.8 Å². The van der Waals surface area contributed by atoms with Crippen LogP contribution in [-0.4, -0.2) is 14.8 Å². The van der Waals surface area contributed by atoms with Crippen LogP contribution in [0.1, 0.15) is 22.9 Å². The van der Waals surface area contributed by atoms with Crippen molar-refractivity contribution in [2.45, 2.75) is 13.0 Å². The van der Waals surface area contributed by atoms with Gasteiger partial charge in [-0.2, -0.15) is 5.10 Å². The summed E-state index contributed by atoms with van der Waals surface area (Å²) in [6.07, 6.45) is 5.55. The molecule has 0 amide bonds. The van der Waals surface area contributed by atoms with E-state index in [9.17, 15) is 0 Å². The van der Waals surface area contributed by atoms with Crippen molar-refractivity contribution in [1.29, 1.82) is 0 Å². The van der Waals surface area contributed by atoms with Gasteiger partial charge in [0.2, 0.25) is 0 Å². The van der Waals surface area contributed by atoms with E-state index in [0.29, 0.717) is 0 Å². The van der Waals surface area contributed by atoms with E-state index < -0.39 is 0 Å². The molecular weight excluding hydrogens is 262 g/mol. The zero-order valence-corrected chi connectivity index (χ0v) is 11.8. The van der Waals surface area contributed by atoms with Crippen molar-refractivity contribution in [2.75, 3.05) is 0 Å². The van der Waals surface area contributed by atoms with Crippen LogP contribution in [0.3, 0.4) is 0 Å². The zero-order valence-electron chi connectivity index (χ0n) is 11.8. The Labute approximate surface area is 123 Å². The first-order valence-corrected chi connectivity index (χ1v) is 6.76. The lowest BCUT2D eigenvalue weighted by atomic mass is 10.1. The molecule has 1 atom stereocenters. The van der Waals surface area contributed by atoms with Gasteiger partial charge in [-0.05, 0) is 36.2 Å². The number of hydrogen-bond acceptors (Lipinski definition) is 4. The Morgan fingerprint density at radius 2 is 1.95 bits per heavy atom. The number of hydrogen-bond donors (Lipinski definition) is 2. The second kappa shape index (κ2) is 5.87. The lowest BCUT2D eigenvalue weighted by molar-refractivity contribution is 0.610. The van der Waals surface area contributed by atoms with Crippen molar-refractivity contribution in [3.63, 3.8) is 0 Å². The summed E-state index contributed by atoms with van der Waals surface area (Å²) >= 11 is 0. The standard InChI is InChI=1S/C16H17N5/c1-12-9-13(11-18-10-12)16(19-17)15-7-8-21(20-15)14-5-3-2-4-6-14/h2-11,16,19H,17H2,1H3. The minimum Gasteiger partial charge on any atom is -0.271 e. The largest absolute Gasteiger partial charge is 0.271 e. The first-order chi connectivity index (χ1) is 10.3. The second-order valence-electron chi connectivity index (χ2n) is 4.92. The minimum atomic E-state index is -0.178. The van der Waals surface area contributed by atoms with E-state index in [0.717, 1.165) is 22.5 Å². The third kappa shape index (κ3) is 2.84. The van der Waals surface area contributed by atoms with Crippen LogP contribution in [0.15, 0.2) is 61.1 Å². The second-order valence-corrected chi connectivity index (χ2v) is 4.92. The third-order valence-electron chi connectivity index (χ3n) is 3.32.